The van der Waals surface area contributed by atoms with E-state index in [4.69, 9.17) is 4.74 Å². The van der Waals surface area contributed by atoms with Crippen LogP contribution in [0.25, 0.3) is 5.65 Å². The number of nitrogens with one attached hydrogen (secondary N) is 1. The molecule has 0 aromatic carbocycles. The molecule has 3 aromatic heterocycles. The van der Waals surface area contributed by atoms with Gasteiger partial charge in [0.1, 0.15) is 5.60 Å². The monoisotopic (exact) mass is 469 g/mol. The highest BCUT2D eigenvalue weighted by molar-refractivity contribution is 6.02. The van der Waals surface area contributed by atoms with Crippen LogP contribution in [0.5, 0.6) is 0 Å². The number of hydrogen-bond acceptors (Lipinski definition) is 7. The zero-order chi connectivity index (χ0) is 24.6. The number of ether oxygens (including phenoxy) is 1. The highest BCUT2D eigenvalue weighted by atomic mass is 19.1. The summed E-state index contributed by atoms with van der Waals surface area (Å²) in [5.74, 6) is -0.427. The number of fused-ring (bicyclic) bond motifs is 1. The van der Waals surface area contributed by atoms with Crippen molar-refractivity contribution in [3.05, 3.63) is 47.8 Å². The Morgan fingerprint density at radius 3 is 2.68 bits per heavy atom. The van der Waals surface area contributed by atoms with Crippen LogP contribution >= 0.6 is 0 Å². The van der Waals surface area contributed by atoms with Crippen LogP contribution in [-0.2, 0) is 4.74 Å². The molecule has 1 aliphatic rings. The fourth-order valence-electron chi connectivity index (χ4n) is 3.81. The number of carbonyl (C=O) groups excluding carboxylic acids is 2. The zero-order valence-corrected chi connectivity index (χ0v) is 19.9. The van der Waals surface area contributed by atoms with E-state index in [-0.39, 0.29) is 29.2 Å². The van der Waals surface area contributed by atoms with Crippen molar-refractivity contribution in [3.63, 3.8) is 0 Å². The van der Waals surface area contributed by atoms with Gasteiger partial charge in [0, 0.05) is 38.6 Å². The molecule has 1 fully saturated rings. The second kappa shape index (κ2) is 8.88. The molecule has 1 aliphatic heterocycles. The Kier molecular flexibility index (Phi) is 6.11. The fourth-order valence-corrected chi connectivity index (χ4v) is 3.81. The number of hydrogen-bond donors (Lipinski definition) is 1. The second-order valence-electron chi connectivity index (χ2n) is 9.40. The molecule has 0 unspecified atom stereocenters. The largest absolute Gasteiger partial charge is 0.444 e. The van der Waals surface area contributed by atoms with Crippen LogP contribution in [0.1, 0.15) is 43.4 Å². The molecule has 0 aliphatic carbocycles. The molecule has 11 heteroatoms. The van der Waals surface area contributed by atoms with Crippen molar-refractivity contribution in [1.82, 2.24) is 24.5 Å². The predicted octanol–water partition coefficient (Wildman–Crippen LogP) is 3.27. The van der Waals surface area contributed by atoms with Crippen molar-refractivity contribution in [2.75, 3.05) is 30.4 Å². The third kappa shape index (κ3) is 5.08. The maximum absolute atomic E-state index is 14.3. The molecule has 1 atom stereocenters. The lowest BCUT2D eigenvalue weighted by Crippen LogP contribution is -2.42. The van der Waals surface area contributed by atoms with Crippen LogP contribution in [-0.4, -0.2) is 68.3 Å². The SMILES string of the molecule is Cc1cn2cc(NC(=O)c3ccc(N4CC[C@@H](N(C)C(=O)OC(C)(C)C)C4)nn3)cc(F)c2n1. The average Bonchev–Trinajstić information content (AvgIpc) is 3.39. The third-order valence-corrected chi connectivity index (χ3v) is 5.48. The average molecular weight is 470 g/mol. The van der Waals surface area contributed by atoms with Crippen molar-refractivity contribution in [2.45, 2.75) is 45.8 Å². The minimum Gasteiger partial charge on any atom is -0.444 e. The maximum Gasteiger partial charge on any atom is 0.410 e. The molecule has 34 heavy (non-hydrogen) atoms. The van der Waals surface area contributed by atoms with Crippen LogP contribution < -0.4 is 10.2 Å². The molecule has 1 saturated heterocycles. The number of halogens is 1. The molecular formula is C23H28FN7O3. The van der Waals surface area contributed by atoms with E-state index >= 15 is 0 Å². The van der Waals surface area contributed by atoms with Crippen molar-refractivity contribution in [2.24, 2.45) is 0 Å². The van der Waals surface area contributed by atoms with Gasteiger partial charge in [-0.15, -0.1) is 10.2 Å². The Morgan fingerprint density at radius 1 is 1.24 bits per heavy atom. The number of nitrogens with zero attached hydrogens (tertiary/aromatic N) is 6. The number of aryl methyl sites for hydroxylation is 1. The van der Waals surface area contributed by atoms with E-state index in [1.165, 1.54) is 10.5 Å². The molecule has 180 valence electrons. The van der Waals surface area contributed by atoms with E-state index in [1.54, 1.807) is 43.4 Å². The normalized spacial score (nSPS) is 16.1. The number of pyridine rings is 1. The predicted molar refractivity (Wildman–Crippen MR) is 124 cm³/mol. The Balaban J connectivity index is 1.38. The Labute approximate surface area is 196 Å². The summed E-state index contributed by atoms with van der Waals surface area (Å²) < 4.78 is 21.2. The molecule has 0 saturated carbocycles. The summed E-state index contributed by atoms with van der Waals surface area (Å²) in [6, 6.07) is 4.48. The first-order valence-electron chi connectivity index (χ1n) is 11.0. The van der Waals surface area contributed by atoms with Crippen LogP contribution in [0.4, 0.5) is 20.7 Å². The lowest BCUT2D eigenvalue weighted by Gasteiger charge is -2.28. The van der Waals surface area contributed by atoms with E-state index in [2.05, 4.69) is 20.5 Å². The van der Waals surface area contributed by atoms with Gasteiger partial charge >= 0.3 is 6.09 Å². The first-order valence-corrected chi connectivity index (χ1v) is 11.0. The van der Waals surface area contributed by atoms with Gasteiger partial charge in [-0.3, -0.25) is 4.79 Å². The number of imidazole rings is 1. The molecule has 10 nitrogen and oxygen atoms in total. The van der Waals surface area contributed by atoms with Gasteiger partial charge in [-0.25, -0.2) is 14.2 Å². The number of carbonyl (C=O) groups is 2. The summed E-state index contributed by atoms with van der Waals surface area (Å²) in [6.45, 7) is 8.54. The topological polar surface area (TPSA) is 105 Å². The summed E-state index contributed by atoms with van der Waals surface area (Å²) in [5.41, 5.74) is 0.700. The summed E-state index contributed by atoms with van der Waals surface area (Å²) in [6.07, 6.45) is 3.66. The molecule has 0 bridgehead atoms. The van der Waals surface area contributed by atoms with Crippen LogP contribution in [0.2, 0.25) is 0 Å². The van der Waals surface area contributed by atoms with Crippen molar-refractivity contribution in [1.29, 1.82) is 0 Å². The minimum atomic E-state index is -0.555. The van der Waals surface area contributed by atoms with Gasteiger partial charge in [0.15, 0.2) is 23.0 Å². The van der Waals surface area contributed by atoms with Crippen molar-refractivity contribution >= 4 is 29.2 Å². The Morgan fingerprint density at radius 2 is 2.00 bits per heavy atom. The Hall–Kier alpha value is -3.76. The van der Waals surface area contributed by atoms with Gasteiger partial charge < -0.3 is 24.3 Å². The van der Waals surface area contributed by atoms with Crippen LogP contribution in [0, 0.1) is 12.7 Å². The molecule has 4 heterocycles. The number of amides is 2. The summed E-state index contributed by atoms with van der Waals surface area (Å²) in [7, 11) is 1.73. The Bertz CT molecular complexity index is 1220. The summed E-state index contributed by atoms with van der Waals surface area (Å²) in [5, 5.41) is 10.9. The van der Waals surface area contributed by atoms with E-state index in [0.29, 0.717) is 24.6 Å². The molecule has 3 aromatic rings. The van der Waals surface area contributed by atoms with Crippen molar-refractivity contribution < 1.29 is 18.7 Å². The molecular weight excluding hydrogens is 441 g/mol. The summed E-state index contributed by atoms with van der Waals surface area (Å²) >= 11 is 0. The molecule has 2 amide bonds. The number of aromatic nitrogens is 4. The molecule has 0 spiro atoms. The lowest BCUT2D eigenvalue weighted by molar-refractivity contribution is 0.0237. The van der Waals surface area contributed by atoms with E-state index in [0.717, 1.165) is 6.42 Å². The summed E-state index contributed by atoms with van der Waals surface area (Å²) in [4.78, 5) is 32.6. The minimum absolute atomic E-state index is 0.0174. The fraction of sp³-hybridized carbons (Fsp3) is 0.435. The standard InChI is InChI=1S/C23H28FN7O3/c1-14-11-31-12-15(10-17(24)20(31)25-14)26-21(32)18-6-7-19(28-27-18)30-9-8-16(13-30)29(5)22(33)34-23(2,3)4/h6-7,10-12,16H,8-9,13H2,1-5H3,(H,26,32)/t16-/m1/s1. The van der Waals surface area contributed by atoms with Gasteiger partial charge in [0.2, 0.25) is 0 Å². The number of anilines is 2. The maximum atomic E-state index is 14.3. The van der Waals surface area contributed by atoms with Crippen molar-refractivity contribution in [3.8, 4) is 0 Å². The van der Waals surface area contributed by atoms with Gasteiger partial charge in [-0.05, 0) is 46.2 Å². The lowest BCUT2D eigenvalue weighted by atomic mass is 10.2. The third-order valence-electron chi connectivity index (χ3n) is 5.48. The van der Waals surface area contributed by atoms with E-state index in [1.807, 2.05) is 25.7 Å². The van der Waals surface area contributed by atoms with Crippen LogP contribution in [0.15, 0.2) is 30.6 Å². The number of rotatable bonds is 4. The van der Waals surface area contributed by atoms with Gasteiger partial charge in [0.25, 0.3) is 5.91 Å². The quantitative estimate of drug-likeness (QED) is 0.625. The highest BCUT2D eigenvalue weighted by Gasteiger charge is 2.31. The number of likely N-dealkylation sites (N-methyl/N-ethyl adjacent to an activating group) is 1. The van der Waals surface area contributed by atoms with Gasteiger partial charge in [0.05, 0.1) is 17.4 Å². The van der Waals surface area contributed by atoms with Gasteiger partial charge in [-0.2, -0.15) is 0 Å². The molecule has 0 radical (unpaired) electrons. The molecule has 1 N–H and O–H groups in total. The van der Waals surface area contributed by atoms with E-state index in [9.17, 15) is 14.0 Å². The van der Waals surface area contributed by atoms with Gasteiger partial charge in [-0.1, -0.05) is 0 Å². The smallest absolute Gasteiger partial charge is 0.410 e. The van der Waals surface area contributed by atoms with E-state index < -0.39 is 17.3 Å². The second-order valence-corrected chi connectivity index (χ2v) is 9.40. The highest BCUT2D eigenvalue weighted by Crippen LogP contribution is 2.22. The first kappa shape index (κ1) is 23.4. The zero-order valence-electron chi connectivity index (χ0n) is 19.9. The first-order chi connectivity index (χ1) is 16.0. The molecule has 4 rings (SSSR count). The van der Waals surface area contributed by atoms with Crippen LogP contribution in [0.3, 0.4) is 0 Å².